The fraction of sp³-hybridized carbons (Fsp3) is 0.348. The molecule has 6 nitrogen and oxygen atoms in total. The Kier molecular flexibility index (Phi) is 5.85. The maximum absolute atomic E-state index is 15.1. The smallest absolute Gasteiger partial charge is 0.211 e. The first-order valence-corrected chi connectivity index (χ1v) is 12.0. The summed E-state index contributed by atoms with van der Waals surface area (Å²) in [6, 6.07) is 10.7. The molecule has 1 saturated heterocycles. The van der Waals surface area contributed by atoms with E-state index in [4.69, 9.17) is 0 Å². The van der Waals surface area contributed by atoms with Gasteiger partial charge < -0.3 is 14.4 Å². The number of piperazine rings is 1. The second-order valence-electron chi connectivity index (χ2n) is 7.67. The summed E-state index contributed by atoms with van der Waals surface area (Å²) in [6.45, 7) is 8.48. The Morgan fingerprint density at radius 3 is 2.26 bits per heavy atom. The third-order valence-electron chi connectivity index (χ3n) is 5.96. The third kappa shape index (κ3) is 3.85. The van der Waals surface area contributed by atoms with E-state index in [0.717, 1.165) is 19.6 Å². The van der Waals surface area contributed by atoms with Crippen LogP contribution < -0.4 is 10.3 Å². The van der Waals surface area contributed by atoms with Crippen LogP contribution in [0.25, 0.3) is 10.9 Å². The number of sulfone groups is 1. The van der Waals surface area contributed by atoms with Crippen LogP contribution in [0.4, 0.5) is 10.1 Å². The molecule has 0 atom stereocenters. The number of likely N-dealkylation sites (N-methyl/N-ethyl adjacent to an activating group) is 1. The highest BCUT2D eigenvalue weighted by molar-refractivity contribution is 7.91. The summed E-state index contributed by atoms with van der Waals surface area (Å²) in [4.78, 5) is 17.2. The summed E-state index contributed by atoms with van der Waals surface area (Å²) >= 11 is 0. The lowest BCUT2D eigenvalue weighted by atomic mass is 10.1. The van der Waals surface area contributed by atoms with Gasteiger partial charge in [-0.05, 0) is 37.7 Å². The van der Waals surface area contributed by atoms with E-state index in [1.165, 1.54) is 24.4 Å². The van der Waals surface area contributed by atoms with Crippen LogP contribution in [0.2, 0.25) is 0 Å². The molecule has 0 radical (unpaired) electrons. The number of benzene rings is 2. The van der Waals surface area contributed by atoms with Crippen molar-refractivity contribution in [1.82, 2.24) is 9.47 Å². The zero-order valence-corrected chi connectivity index (χ0v) is 18.5. The van der Waals surface area contributed by atoms with Gasteiger partial charge in [0.25, 0.3) is 0 Å². The molecule has 1 aliphatic heterocycles. The van der Waals surface area contributed by atoms with E-state index in [9.17, 15) is 13.2 Å². The van der Waals surface area contributed by atoms with Crippen molar-refractivity contribution < 1.29 is 12.8 Å². The van der Waals surface area contributed by atoms with Crippen molar-refractivity contribution in [2.24, 2.45) is 0 Å². The van der Waals surface area contributed by atoms with Crippen LogP contribution in [0.15, 0.2) is 63.2 Å². The quantitative estimate of drug-likeness (QED) is 0.606. The Morgan fingerprint density at radius 2 is 1.65 bits per heavy atom. The molecule has 0 unspecified atom stereocenters. The van der Waals surface area contributed by atoms with E-state index in [-0.39, 0.29) is 15.2 Å². The van der Waals surface area contributed by atoms with Crippen LogP contribution in [-0.4, -0.2) is 50.6 Å². The highest BCUT2D eigenvalue weighted by atomic mass is 32.2. The van der Waals surface area contributed by atoms with E-state index in [0.29, 0.717) is 30.8 Å². The monoisotopic (exact) mass is 443 g/mol. The Balaban J connectivity index is 1.86. The Morgan fingerprint density at radius 1 is 0.968 bits per heavy atom. The predicted octanol–water partition coefficient (Wildman–Crippen LogP) is 3.14. The van der Waals surface area contributed by atoms with Gasteiger partial charge in [-0.1, -0.05) is 25.1 Å². The number of hydrogen-bond acceptors (Lipinski definition) is 5. The molecular formula is C23H26FN3O3S. The Labute approximate surface area is 181 Å². The minimum absolute atomic E-state index is 0.0417. The van der Waals surface area contributed by atoms with E-state index in [1.54, 1.807) is 28.8 Å². The molecule has 0 aliphatic carbocycles. The highest BCUT2D eigenvalue weighted by Gasteiger charge is 2.25. The number of fused-ring (bicyclic) bond motifs is 1. The second kappa shape index (κ2) is 8.43. The van der Waals surface area contributed by atoms with E-state index in [2.05, 4.69) is 11.8 Å². The summed E-state index contributed by atoms with van der Waals surface area (Å²) in [5.41, 5.74) is 0.308. The number of aromatic nitrogens is 1. The van der Waals surface area contributed by atoms with E-state index >= 15 is 4.39 Å². The average Bonchev–Trinajstić information content (AvgIpc) is 2.80. The summed E-state index contributed by atoms with van der Waals surface area (Å²) in [6.07, 6.45) is 1.38. The Hall–Kier alpha value is -2.71. The van der Waals surface area contributed by atoms with Crippen molar-refractivity contribution >= 4 is 26.4 Å². The van der Waals surface area contributed by atoms with Crippen LogP contribution in [0.1, 0.15) is 13.8 Å². The van der Waals surface area contributed by atoms with Gasteiger partial charge in [0.05, 0.1) is 21.5 Å². The van der Waals surface area contributed by atoms with Gasteiger partial charge in [0.1, 0.15) is 10.7 Å². The lowest BCUT2D eigenvalue weighted by Gasteiger charge is -2.35. The SMILES string of the molecule is CCN1CCN(c2cc3c(cc2F)c(=O)c(S(=O)(=O)c2ccccc2)cn3CC)CC1. The number of anilines is 1. The van der Waals surface area contributed by atoms with Crippen LogP contribution in [0.3, 0.4) is 0 Å². The van der Waals surface area contributed by atoms with Crippen LogP contribution in [0.5, 0.6) is 0 Å². The lowest BCUT2D eigenvalue weighted by molar-refractivity contribution is 0.270. The van der Waals surface area contributed by atoms with Gasteiger partial charge in [-0.2, -0.15) is 0 Å². The normalized spacial score (nSPS) is 15.5. The zero-order valence-electron chi connectivity index (χ0n) is 17.7. The molecule has 2 aromatic carbocycles. The predicted molar refractivity (Wildman–Crippen MR) is 120 cm³/mol. The highest BCUT2D eigenvalue weighted by Crippen LogP contribution is 2.28. The van der Waals surface area contributed by atoms with E-state index in [1.807, 2.05) is 11.8 Å². The molecular weight excluding hydrogens is 417 g/mol. The number of aryl methyl sites for hydroxylation is 1. The molecule has 0 spiro atoms. The molecule has 0 saturated carbocycles. The van der Waals surface area contributed by atoms with Gasteiger partial charge >= 0.3 is 0 Å². The average molecular weight is 444 g/mol. The van der Waals surface area contributed by atoms with Crippen molar-refractivity contribution in [1.29, 1.82) is 0 Å². The molecule has 0 N–H and O–H groups in total. The molecule has 3 aromatic rings. The van der Waals surface area contributed by atoms with Crippen molar-refractivity contribution in [3.63, 3.8) is 0 Å². The standard InChI is InChI=1S/C23H26FN3O3S/c1-3-25-10-12-27(13-11-25)21-15-20-18(14-19(21)24)23(28)22(16-26(20)4-2)31(29,30)17-8-6-5-7-9-17/h5-9,14-16H,3-4,10-13H2,1-2H3. The molecule has 0 bridgehead atoms. The molecule has 31 heavy (non-hydrogen) atoms. The van der Waals surface area contributed by atoms with Gasteiger partial charge in [0, 0.05) is 38.9 Å². The van der Waals surface area contributed by atoms with Gasteiger partial charge in [0.15, 0.2) is 0 Å². The fourth-order valence-corrected chi connectivity index (χ4v) is 5.49. The van der Waals surface area contributed by atoms with E-state index < -0.39 is 21.1 Å². The second-order valence-corrected chi connectivity index (χ2v) is 9.59. The van der Waals surface area contributed by atoms with Crippen LogP contribution in [-0.2, 0) is 16.4 Å². The van der Waals surface area contributed by atoms with Crippen LogP contribution >= 0.6 is 0 Å². The number of hydrogen-bond donors (Lipinski definition) is 0. The van der Waals surface area contributed by atoms with Gasteiger partial charge in [-0.15, -0.1) is 0 Å². The Bertz CT molecular complexity index is 1260. The molecule has 1 aliphatic rings. The van der Waals surface area contributed by atoms with Gasteiger partial charge in [-0.25, -0.2) is 12.8 Å². The molecule has 1 fully saturated rings. The number of nitrogens with zero attached hydrogens (tertiary/aromatic N) is 3. The number of halogens is 1. The summed E-state index contributed by atoms with van der Waals surface area (Å²) in [7, 11) is -4.02. The summed E-state index contributed by atoms with van der Waals surface area (Å²) in [5.74, 6) is -0.508. The van der Waals surface area contributed by atoms with Gasteiger partial charge in [-0.3, -0.25) is 4.79 Å². The van der Waals surface area contributed by atoms with Gasteiger partial charge in [0.2, 0.25) is 15.3 Å². The number of pyridine rings is 1. The maximum atomic E-state index is 15.1. The van der Waals surface area contributed by atoms with Crippen molar-refractivity contribution in [2.45, 2.75) is 30.2 Å². The maximum Gasteiger partial charge on any atom is 0.211 e. The summed E-state index contributed by atoms with van der Waals surface area (Å²) < 4.78 is 43.0. The van der Waals surface area contributed by atoms with Crippen LogP contribution in [0, 0.1) is 5.82 Å². The molecule has 4 rings (SSSR count). The third-order valence-corrected chi connectivity index (χ3v) is 7.72. The molecule has 8 heteroatoms. The largest absolute Gasteiger partial charge is 0.367 e. The minimum Gasteiger partial charge on any atom is -0.367 e. The molecule has 164 valence electrons. The first-order valence-electron chi connectivity index (χ1n) is 10.5. The first kappa shape index (κ1) is 21.5. The number of rotatable bonds is 5. The fourth-order valence-electron chi connectivity index (χ4n) is 4.10. The summed E-state index contributed by atoms with van der Waals surface area (Å²) in [5, 5.41) is 0.0762. The van der Waals surface area contributed by atoms with Crippen molar-refractivity contribution in [2.75, 3.05) is 37.6 Å². The van der Waals surface area contributed by atoms with Crippen molar-refractivity contribution in [3.05, 3.63) is 64.7 Å². The van der Waals surface area contributed by atoms with Crippen molar-refractivity contribution in [3.8, 4) is 0 Å². The lowest BCUT2D eigenvalue weighted by Crippen LogP contribution is -2.46. The first-order chi connectivity index (χ1) is 14.9. The molecule has 1 aromatic heterocycles. The zero-order chi connectivity index (χ0) is 22.2. The molecule has 0 amide bonds. The topological polar surface area (TPSA) is 62.6 Å². The molecule has 2 heterocycles. The minimum atomic E-state index is -4.02.